The molecule has 180 valence electrons. The number of rotatable bonds is 18. The summed E-state index contributed by atoms with van der Waals surface area (Å²) >= 11 is 0. The molecular formula is C24H45N3O4. The zero-order chi connectivity index (χ0) is 23.3. The van der Waals surface area contributed by atoms with Crippen molar-refractivity contribution in [2.45, 2.75) is 84.0 Å². The van der Waals surface area contributed by atoms with Gasteiger partial charge in [-0.1, -0.05) is 44.8 Å². The molecule has 0 unspecified atom stereocenters. The minimum Gasteiger partial charge on any atom is -0.468 e. The first kappa shape index (κ1) is 28.9. The number of hydrogen-bond donors (Lipinski definition) is 1. The highest BCUT2D eigenvalue weighted by Gasteiger charge is 2.12. The molecule has 0 aromatic heterocycles. The van der Waals surface area contributed by atoms with Crippen molar-refractivity contribution >= 4 is 17.9 Å². The van der Waals surface area contributed by atoms with Crippen LogP contribution in [-0.2, 0) is 14.3 Å². The summed E-state index contributed by atoms with van der Waals surface area (Å²) in [5, 5.41) is 2.55. The van der Waals surface area contributed by atoms with E-state index < -0.39 is 5.97 Å². The van der Waals surface area contributed by atoms with Gasteiger partial charge in [-0.05, 0) is 44.9 Å². The largest absolute Gasteiger partial charge is 0.468 e. The number of allylic oxidation sites excluding steroid dienone is 2. The van der Waals surface area contributed by atoms with E-state index in [1.54, 1.807) is 0 Å². The van der Waals surface area contributed by atoms with Gasteiger partial charge < -0.3 is 19.9 Å². The van der Waals surface area contributed by atoms with Crippen LogP contribution in [0.1, 0.15) is 84.0 Å². The lowest BCUT2D eigenvalue weighted by atomic mass is 10.1. The van der Waals surface area contributed by atoms with Gasteiger partial charge in [0.25, 0.3) is 0 Å². The van der Waals surface area contributed by atoms with Gasteiger partial charge in [-0.25, -0.2) is 4.79 Å². The Morgan fingerprint density at radius 3 is 1.94 bits per heavy atom. The molecule has 0 saturated carbocycles. The van der Waals surface area contributed by atoms with Crippen molar-refractivity contribution in [1.29, 1.82) is 0 Å². The highest BCUT2D eigenvalue weighted by atomic mass is 16.5. The van der Waals surface area contributed by atoms with Gasteiger partial charge in [0.15, 0.2) is 0 Å². The van der Waals surface area contributed by atoms with E-state index >= 15 is 0 Å². The van der Waals surface area contributed by atoms with Gasteiger partial charge in [0.05, 0.1) is 7.11 Å². The second-order valence-corrected chi connectivity index (χ2v) is 8.11. The van der Waals surface area contributed by atoms with E-state index in [9.17, 15) is 14.4 Å². The van der Waals surface area contributed by atoms with E-state index in [1.165, 1.54) is 20.0 Å². The number of nitrogens with one attached hydrogen (secondary N) is 1. The van der Waals surface area contributed by atoms with Crippen LogP contribution in [0.25, 0.3) is 0 Å². The Hall–Kier alpha value is -2.05. The first-order valence-electron chi connectivity index (χ1n) is 11.9. The molecule has 1 N–H and O–H groups in total. The highest BCUT2D eigenvalue weighted by Crippen LogP contribution is 2.07. The molecule has 0 radical (unpaired) electrons. The Kier molecular flexibility index (Phi) is 18.6. The molecule has 0 heterocycles. The maximum Gasteiger partial charge on any atom is 0.325 e. The van der Waals surface area contributed by atoms with Crippen molar-refractivity contribution in [3.63, 3.8) is 0 Å². The summed E-state index contributed by atoms with van der Waals surface area (Å²) in [7, 11) is 5.08. The Morgan fingerprint density at radius 1 is 0.806 bits per heavy atom. The van der Waals surface area contributed by atoms with E-state index in [2.05, 4.69) is 29.1 Å². The van der Waals surface area contributed by atoms with Gasteiger partial charge in [-0.2, -0.15) is 0 Å². The average molecular weight is 440 g/mol. The predicted octanol–water partition coefficient (Wildman–Crippen LogP) is 4.52. The van der Waals surface area contributed by atoms with Crippen molar-refractivity contribution in [2.75, 3.05) is 40.8 Å². The number of methoxy groups -OCH3 is 1. The van der Waals surface area contributed by atoms with E-state index in [0.29, 0.717) is 6.42 Å². The third-order valence-electron chi connectivity index (χ3n) is 5.21. The number of amides is 3. The Labute approximate surface area is 189 Å². The minimum atomic E-state index is -0.425. The quantitative estimate of drug-likeness (QED) is 0.193. The molecule has 0 bridgehead atoms. The van der Waals surface area contributed by atoms with Gasteiger partial charge in [0, 0.05) is 33.6 Å². The minimum absolute atomic E-state index is 0.0528. The zero-order valence-electron chi connectivity index (χ0n) is 20.3. The molecular weight excluding hydrogens is 394 g/mol. The van der Waals surface area contributed by atoms with Crippen LogP contribution in [0.5, 0.6) is 0 Å². The summed E-state index contributed by atoms with van der Waals surface area (Å²) in [6.07, 6.45) is 16.7. The SMILES string of the molecule is CCCCCN(C)C(=O)N(C)CCCCC=CCCCCCCC(=O)NCC(=O)OC. The van der Waals surface area contributed by atoms with E-state index in [4.69, 9.17) is 0 Å². The van der Waals surface area contributed by atoms with Crippen molar-refractivity contribution in [3.8, 4) is 0 Å². The van der Waals surface area contributed by atoms with E-state index in [1.807, 2.05) is 23.9 Å². The molecule has 31 heavy (non-hydrogen) atoms. The van der Waals surface area contributed by atoms with E-state index in [-0.39, 0.29) is 18.5 Å². The third-order valence-corrected chi connectivity index (χ3v) is 5.21. The third kappa shape index (κ3) is 17.3. The first-order valence-corrected chi connectivity index (χ1v) is 11.9. The van der Waals surface area contributed by atoms with Crippen molar-refractivity contribution in [3.05, 3.63) is 12.2 Å². The molecule has 0 aliphatic heterocycles. The number of hydrogen-bond acceptors (Lipinski definition) is 4. The van der Waals surface area contributed by atoms with E-state index in [0.717, 1.165) is 70.9 Å². The first-order chi connectivity index (χ1) is 14.9. The maximum absolute atomic E-state index is 12.3. The number of unbranched alkanes of at least 4 members (excludes halogenated alkanes) is 8. The van der Waals surface area contributed by atoms with Crippen molar-refractivity contribution < 1.29 is 19.1 Å². The molecule has 7 nitrogen and oxygen atoms in total. The standard InChI is InChI=1S/C24H45N3O4/c1-5-6-16-19-26(2)24(30)27(3)20-17-14-12-10-8-7-9-11-13-15-18-22(28)25-21-23(29)31-4/h8,10H,5-7,9,11-21H2,1-4H3,(H,25,28). The average Bonchev–Trinajstić information content (AvgIpc) is 2.77. The number of nitrogens with zero attached hydrogens (tertiary/aromatic N) is 2. The van der Waals surface area contributed by atoms with Crippen molar-refractivity contribution in [1.82, 2.24) is 15.1 Å². The second-order valence-electron chi connectivity index (χ2n) is 8.11. The summed E-state index contributed by atoms with van der Waals surface area (Å²) in [4.78, 5) is 38.4. The smallest absolute Gasteiger partial charge is 0.325 e. The summed E-state index contributed by atoms with van der Waals surface area (Å²) in [6, 6.07) is 0.118. The molecule has 3 amide bonds. The topological polar surface area (TPSA) is 79.0 Å². The molecule has 7 heteroatoms. The number of carbonyl (C=O) groups excluding carboxylic acids is 3. The molecule has 0 aromatic rings. The Balaban J connectivity index is 3.56. The lowest BCUT2D eigenvalue weighted by Gasteiger charge is -2.24. The number of esters is 1. The summed E-state index contributed by atoms with van der Waals surface area (Å²) in [5.41, 5.74) is 0. The number of carbonyl (C=O) groups is 3. The highest BCUT2D eigenvalue weighted by molar-refractivity contribution is 5.81. The monoisotopic (exact) mass is 439 g/mol. The van der Waals surface area contributed by atoms with Gasteiger partial charge in [0.1, 0.15) is 6.54 Å². The van der Waals surface area contributed by atoms with Gasteiger partial charge in [0.2, 0.25) is 5.91 Å². The lowest BCUT2D eigenvalue weighted by molar-refractivity contribution is -0.141. The Bertz CT molecular complexity index is 523. The molecule has 0 aromatic carbocycles. The fourth-order valence-corrected chi connectivity index (χ4v) is 3.16. The zero-order valence-corrected chi connectivity index (χ0v) is 20.3. The molecule has 0 aliphatic carbocycles. The second kappa shape index (κ2) is 19.9. The predicted molar refractivity (Wildman–Crippen MR) is 126 cm³/mol. The molecule has 0 rings (SSSR count). The normalized spacial score (nSPS) is 10.8. The fraction of sp³-hybridized carbons (Fsp3) is 0.792. The number of urea groups is 1. The van der Waals surface area contributed by atoms with Crippen LogP contribution in [0, 0.1) is 0 Å². The van der Waals surface area contributed by atoms with Crippen LogP contribution in [-0.4, -0.2) is 68.5 Å². The Morgan fingerprint density at radius 2 is 1.35 bits per heavy atom. The van der Waals surface area contributed by atoms with Crippen LogP contribution in [0.2, 0.25) is 0 Å². The molecule has 0 fully saturated rings. The van der Waals surface area contributed by atoms with Gasteiger partial charge in [-0.15, -0.1) is 0 Å². The number of ether oxygens (including phenoxy) is 1. The molecule has 0 spiro atoms. The maximum atomic E-state index is 12.3. The van der Waals surface area contributed by atoms with Crippen LogP contribution in [0.3, 0.4) is 0 Å². The van der Waals surface area contributed by atoms with Crippen LogP contribution in [0.15, 0.2) is 12.2 Å². The van der Waals surface area contributed by atoms with Crippen molar-refractivity contribution in [2.24, 2.45) is 0 Å². The van der Waals surface area contributed by atoms with Crippen LogP contribution >= 0.6 is 0 Å². The molecule has 0 atom stereocenters. The fourth-order valence-electron chi connectivity index (χ4n) is 3.16. The van der Waals surface area contributed by atoms with Crippen LogP contribution in [0.4, 0.5) is 4.79 Å². The summed E-state index contributed by atoms with van der Waals surface area (Å²) in [6.45, 7) is 3.76. The summed E-state index contributed by atoms with van der Waals surface area (Å²) in [5.74, 6) is -0.521. The van der Waals surface area contributed by atoms with Gasteiger partial charge >= 0.3 is 12.0 Å². The van der Waals surface area contributed by atoms with Crippen LogP contribution < -0.4 is 5.32 Å². The van der Waals surface area contributed by atoms with Gasteiger partial charge in [-0.3, -0.25) is 9.59 Å². The molecule has 0 aliphatic rings. The summed E-state index contributed by atoms with van der Waals surface area (Å²) < 4.78 is 4.48. The lowest BCUT2D eigenvalue weighted by Crippen LogP contribution is -2.39. The molecule has 0 saturated heterocycles.